The maximum Gasteiger partial charge on any atom is 0.229 e. The van der Waals surface area contributed by atoms with Crippen LogP contribution >= 0.6 is 0 Å². The molecule has 1 amide bonds. The van der Waals surface area contributed by atoms with Crippen molar-refractivity contribution in [2.75, 3.05) is 12.4 Å². The molecule has 0 saturated heterocycles. The molecule has 0 fully saturated rings. The second-order valence-corrected chi connectivity index (χ2v) is 5.99. The molecule has 0 atom stereocenters. The number of amides is 1. The Labute approximate surface area is 124 Å². The summed E-state index contributed by atoms with van der Waals surface area (Å²) in [6.45, 7) is 6.26. The zero-order valence-electron chi connectivity index (χ0n) is 12.9. The van der Waals surface area contributed by atoms with Crippen LogP contribution in [0.25, 0.3) is 0 Å². The number of nitrogens with zero attached hydrogens (tertiary/aromatic N) is 1. The summed E-state index contributed by atoms with van der Waals surface area (Å²) in [5, 5.41) is 9.86. The summed E-state index contributed by atoms with van der Waals surface area (Å²) in [6, 6.07) is 9.33. The normalized spacial score (nSPS) is 11.2. The highest BCUT2D eigenvalue weighted by Crippen LogP contribution is 2.22. The number of hydrogen-bond acceptors (Lipinski definition) is 3. The Balaban J connectivity index is 2.00. The maximum absolute atomic E-state index is 12.0. The van der Waals surface area contributed by atoms with E-state index in [9.17, 15) is 4.79 Å². The molecule has 2 N–H and O–H groups in total. The van der Waals surface area contributed by atoms with Gasteiger partial charge in [0.25, 0.3) is 0 Å². The van der Waals surface area contributed by atoms with Crippen molar-refractivity contribution in [3.8, 4) is 5.75 Å². The highest BCUT2D eigenvalue weighted by Gasteiger charge is 2.17. The van der Waals surface area contributed by atoms with E-state index in [0.717, 1.165) is 17.0 Å². The first kappa shape index (κ1) is 15.1. The molecule has 0 saturated carbocycles. The minimum atomic E-state index is -0.102. The average molecular weight is 287 g/mol. The number of hydrogen-bond donors (Lipinski definition) is 2. The van der Waals surface area contributed by atoms with Crippen LogP contribution in [0.1, 0.15) is 32.0 Å². The lowest BCUT2D eigenvalue weighted by atomic mass is 9.92. The molecule has 1 heterocycles. The predicted molar refractivity (Wildman–Crippen MR) is 82.6 cm³/mol. The highest BCUT2D eigenvalue weighted by molar-refractivity contribution is 5.91. The molecule has 0 aliphatic carbocycles. The van der Waals surface area contributed by atoms with Crippen LogP contribution < -0.4 is 10.1 Å². The number of aromatic amines is 1. The Morgan fingerprint density at radius 1 is 1.33 bits per heavy atom. The van der Waals surface area contributed by atoms with E-state index in [1.807, 2.05) is 30.3 Å². The molecule has 5 heteroatoms. The maximum atomic E-state index is 12.0. The third-order valence-corrected chi connectivity index (χ3v) is 3.15. The number of aromatic nitrogens is 2. The molecule has 112 valence electrons. The van der Waals surface area contributed by atoms with Gasteiger partial charge in [-0.3, -0.25) is 9.89 Å². The molecule has 2 aromatic rings. The number of rotatable bonds is 4. The highest BCUT2D eigenvalue weighted by atomic mass is 16.5. The van der Waals surface area contributed by atoms with E-state index in [-0.39, 0.29) is 17.7 Å². The average Bonchev–Trinajstić information content (AvgIpc) is 2.87. The molecule has 0 bridgehead atoms. The molecule has 2 rings (SSSR count). The number of ether oxygens (including phenoxy) is 1. The number of benzene rings is 1. The zero-order valence-corrected chi connectivity index (χ0v) is 12.9. The van der Waals surface area contributed by atoms with E-state index >= 15 is 0 Å². The fourth-order valence-corrected chi connectivity index (χ4v) is 1.92. The largest absolute Gasteiger partial charge is 0.497 e. The SMILES string of the molecule is COc1cccc(CC(=O)Nc2cc(C(C)(C)C)[nH]n2)c1. The van der Waals surface area contributed by atoms with Crippen molar-refractivity contribution in [1.82, 2.24) is 10.2 Å². The molecule has 0 radical (unpaired) electrons. The van der Waals surface area contributed by atoms with Crippen molar-refractivity contribution >= 4 is 11.7 Å². The van der Waals surface area contributed by atoms with Gasteiger partial charge in [-0.05, 0) is 17.7 Å². The summed E-state index contributed by atoms with van der Waals surface area (Å²) in [4.78, 5) is 12.0. The van der Waals surface area contributed by atoms with Crippen molar-refractivity contribution in [3.05, 3.63) is 41.6 Å². The lowest BCUT2D eigenvalue weighted by molar-refractivity contribution is -0.115. The van der Waals surface area contributed by atoms with Crippen LogP contribution in [-0.2, 0) is 16.6 Å². The second kappa shape index (κ2) is 5.99. The molecule has 21 heavy (non-hydrogen) atoms. The fraction of sp³-hybridized carbons (Fsp3) is 0.375. The van der Waals surface area contributed by atoms with Gasteiger partial charge in [-0.1, -0.05) is 32.9 Å². The van der Waals surface area contributed by atoms with Crippen LogP contribution in [0.5, 0.6) is 5.75 Å². The summed E-state index contributed by atoms with van der Waals surface area (Å²) in [5.74, 6) is 1.19. The van der Waals surface area contributed by atoms with Crippen molar-refractivity contribution in [1.29, 1.82) is 0 Å². The molecule has 0 aliphatic heterocycles. The van der Waals surface area contributed by atoms with Gasteiger partial charge in [0, 0.05) is 17.2 Å². The predicted octanol–water partition coefficient (Wildman–Crippen LogP) is 2.90. The standard InChI is InChI=1S/C16H21N3O2/c1-16(2,3)13-10-14(19-18-13)17-15(20)9-11-6-5-7-12(8-11)21-4/h5-8,10H,9H2,1-4H3,(H2,17,18,19,20). The van der Waals surface area contributed by atoms with Crippen LogP contribution in [0.2, 0.25) is 0 Å². The molecule has 0 unspecified atom stereocenters. The molecule has 1 aromatic carbocycles. The van der Waals surface area contributed by atoms with Gasteiger partial charge in [0.2, 0.25) is 5.91 Å². The van der Waals surface area contributed by atoms with Crippen molar-refractivity contribution < 1.29 is 9.53 Å². The van der Waals surface area contributed by atoms with Gasteiger partial charge < -0.3 is 10.1 Å². The van der Waals surface area contributed by atoms with Crippen molar-refractivity contribution in [2.45, 2.75) is 32.6 Å². The minimum Gasteiger partial charge on any atom is -0.497 e. The smallest absolute Gasteiger partial charge is 0.229 e. The molecule has 0 aliphatic rings. The minimum absolute atomic E-state index is 0.0250. The molecular weight excluding hydrogens is 266 g/mol. The Hall–Kier alpha value is -2.30. The summed E-state index contributed by atoms with van der Waals surface area (Å²) >= 11 is 0. The van der Waals surface area contributed by atoms with E-state index in [1.54, 1.807) is 7.11 Å². The van der Waals surface area contributed by atoms with Crippen LogP contribution in [0.15, 0.2) is 30.3 Å². The van der Waals surface area contributed by atoms with Crippen LogP contribution in [0.3, 0.4) is 0 Å². The number of anilines is 1. The Kier molecular flexibility index (Phi) is 4.31. The van der Waals surface area contributed by atoms with Gasteiger partial charge >= 0.3 is 0 Å². The number of carbonyl (C=O) groups excluding carboxylic acids is 1. The van der Waals surface area contributed by atoms with Crippen LogP contribution in [-0.4, -0.2) is 23.2 Å². The summed E-state index contributed by atoms with van der Waals surface area (Å²) < 4.78 is 5.15. The third kappa shape index (κ3) is 4.08. The monoisotopic (exact) mass is 287 g/mol. The Morgan fingerprint density at radius 2 is 2.10 bits per heavy atom. The quantitative estimate of drug-likeness (QED) is 0.908. The molecular formula is C16H21N3O2. The summed E-state index contributed by atoms with van der Waals surface area (Å²) in [5.41, 5.74) is 1.86. The third-order valence-electron chi connectivity index (χ3n) is 3.15. The van der Waals surface area contributed by atoms with Gasteiger partial charge in [0.05, 0.1) is 13.5 Å². The first-order valence-electron chi connectivity index (χ1n) is 6.87. The first-order valence-corrected chi connectivity index (χ1v) is 6.87. The number of methoxy groups -OCH3 is 1. The van der Waals surface area contributed by atoms with E-state index in [0.29, 0.717) is 5.82 Å². The molecule has 5 nitrogen and oxygen atoms in total. The van der Waals surface area contributed by atoms with Gasteiger partial charge in [-0.25, -0.2) is 0 Å². The van der Waals surface area contributed by atoms with E-state index in [1.165, 1.54) is 0 Å². The topological polar surface area (TPSA) is 67.0 Å². The zero-order chi connectivity index (χ0) is 15.5. The molecule has 1 aromatic heterocycles. The Morgan fingerprint density at radius 3 is 2.71 bits per heavy atom. The fourth-order valence-electron chi connectivity index (χ4n) is 1.92. The van der Waals surface area contributed by atoms with E-state index < -0.39 is 0 Å². The first-order chi connectivity index (χ1) is 9.88. The van der Waals surface area contributed by atoms with Crippen molar-refractivity contribution in [3.63, 3.8) is 0 Å². The number of nitrogens with one attached hydrogen (secondary N) is 2. The Bertz CT molecular complexity index is 626. The van der Waals surface area contributed by atoms with Gasteiger partial charge in [-0.15, -0.1) is 0 Å². The van der Waals surface area contributed by atoms with Crippen LogP contribution in [0.4, 0.5) is 5.82 Å². The number of H-pyrrole nitrogens is 1. The summed E-state index contributed by atoms with van der Waals surface area (Å²) in [7, 11) is 1.61. The number of carbonyl (C=O) groups is 1. The second-order valence-electron chi connectivity index (χ2n) is 5.99. The van der Waals surface area contributed by atoms with E-state index in [4.69, 9.17) is 4.74 Å². The van der Waals surface area contributed by atoms with Gasteiger partial charge in [0.1, 0.15) is 5.75 Å². The van der Waals surface area contributed by atoms with Crippen molar-refractivity contribution in [2.24, 2.45) is 0 Å². The van der Waals surface area contributed by atoms with Gasteiger partial charge in [-0.2, -0.15) is 5.10 Å². The van der Waals surface area contributed by atoms with E-state index in [2.05, 4.69) is 36.3 Å². The lowest BCUT2D eigenvalue weighted by Crippen LogP contribution is -2.14. The van der Waals surface area contributed by atoms with Crippen LogP contribution in [0, 0.1) is 0 Å². The molecule has 0 spiro atoms. The lowest BCUT2D eigenvalue weighted by Gasteiger charge is -2.14. The van der Waals surface area contributed by atoms with Gasteiger partial charge in [0.15, 0.2) is 5.82 Å². The summed E-state index contributed by atoms with van der Waals surface area (Å²) in [6.07, 6.45) is 0.287.